The first-order chi connectivity index (χ1) is 11.2. The van der Waals surface area contributed by atoms with Crippen molar-refractivity contribution in [1.82, 2.24) is 5.32 Å². The topological polar surface area (TPSA) is 193 Å². The summed E-state index contributed by atoms with van der Waals surface area (Å²) in [5.41, 5.74) is 24.2. The third kappa shape index (κ3) is 73.9. The first kappa shape index (κ1) is 29.5. The van der Waals surface area contributed by atoms with Crippen LogP contribution in [0.25, 0.3) is 0 Å². The maximum atomic E-state index is 9.47. The summed E-state index contributed by atoms with van der Waals surface area (Å²) in [7, 11) is 0. The molecule has 0 aromatic carbocycles. The molecule has 0 aromatic rings. The van der Waals surface area contributed by atoms with Crippen molar-refractivity contribution in [3.05, 3.63) is 38.0 Å². The summed E-state index contributed by atoms with van der Waals surface area (Å²) >= 11 is 0. The van der Waals surface area contributed by atoms with E-state index in [2.05, 4.69) is 42.3 Å². The second kappa shape index (κ2) is 28.6. The number of hydrogen-bond donors (Lipinski definition) is 6. The zero-order valence-corrected chi connectivity index (χ0v) is 14.2. The van der Waals surface area contributed by atoms with Crippen molar-refractivity contribution < 1.29 is 14.4 Å². The normalized spacial score (nSPS) is 7.75. The number of carbonyl (C=O) groups is 3. The van der Waals surface area contributed by atoms with Gasteiger partial charge in [-0.2, -0.15) is 0 Å². The molecule has 24 heavy (non-hydrogen) atoms. The molecular formula is C15H32N6O3. The average molecular weight is 344 g/mol. The van der Waals surface area contributed by atoms with E-state index in [9.17, 15) is 14.4 Å². The van der Waals surface area contributed by atoms with E-state index in [-0.39, 0.29) is 0 Å². The van der Waals surface area contributed by atoms with Crippen LogP contribution in [-0.4, -0.2) is 43.9 Å². The fraction of sp³-hybridized carbons (Fsp3) is 0.400. The Morgan fingerprint density at radius 3 is 1.04 bits per heavy atom. The van der Waals surface area contributed by atoms with E-state index in [1.165, 1.54) is 0 Å². The fourth-order valence-corrected chi connectivity index (χ4v) is 0.579. The molecule has 0 aliphatic carbocycles. The van der Waals surface area contributed by atoms with Crippen molar-refractivity contribution in [3.8, 4) is 0 Å². The maximum absolute atomic E-state index is 9.47. The van der Waals surface area contributed by atoms with E-state index in [1.54, 1.807) is 0 Å². The summed E-state index contributed by atoms with van der Waals surface area (Å²) in [6, 6.07) is 0. The summed E-state index contributed by atoms with van der Waals surface area (Å²) in [5.74, 6) is -1.44. The molecule has 140 valence electrons. The number of carbonyl (C=O) groups excluding carboxylic acids is 3. The van der Waals surface area contributed by atoms with E-state index >= 15 is 0 Å². The van der Waals surface area contributed by atoms with Gasteiger partial charge in [0.15, 0.2) is 0 Å². The minimum atomic E-state index is -0.481. The lowest BCUT2D eigenvalue weighted by atomic mass is 10.4. The van der Waals surface area contributed by atoms with Crippen molar-refractivity contribution >= 4 is 17.7 Å². The van der Waals surface area contributed by atoms with Gasteiger partial charge in [0.25, 0.3) is 0 Å². The second-order valence-electron chi connectivity index (χ2n) is 3.85. The van der Waals surface area contributed by atoms with Gasteiger partial charge in [-0.15, -0.1) is 0 Å². The zero-order chi connectivity index (χ0) is 19.8. The van der Waals surface area contributed by atoms with Crippen LogP contribution in [0.15, 0.2) is 38.0 Å². The van der Waals surface area contributed by atoms with Crippen molar-refractivity contribution in [3.63, 3.8) is 0 Å². The van der Waals surface area contributed by atoms with Gasteiger partial charge in [-0.3, -0.25) is 14.4 Å². The standard InChI is InChI=1S/C6H17N3.3C3H5NO/c7-3-1-5-9-6-2-4-8;3*1-2-3(4)5/h9H,1-8H2;3*2H,1H2,(H2,4,5). The molecule has 0 rings (SSSR count). The molecule has 0 unspecified atom stereocenters. The number of hydrogen-bond acceptors (Lipinski definition) is 6. The fourth-order valence-electron chi connectivity index (χ4n) is 0.579. The minimum absolute atomic E-state index is 0.481. The van der Waals surface area contributed by atoms with E-state index in [0.29, 0.717) is 0 Å². The van der Waals surface area contributed by atoms with E-state index in [4.69, 9.17) is 11.5 Å². The van der Waals surface area contributed by atoms with Gasteiger partial charge in [-0.25, -0.2) is 0 Å². The van der Waals surface area contributed by atoms with Gasteiger partial charge in [0.2, 0.25) is 17.7 Å². The van der Waals surface area contributed by atoms with Crippen LogP contribution in [0.5, 0.6) is 0 Å². The SMILES string of the molecule is C=CC(N)=O.C=CC(N)=O.C=CC(N)=O.NCCCNCCCN. The van der Waals surface area contributed by atoms with Crippen molar-refractivity contribution in [2.75, 3.05) is 26.2 Å². The molecule has 0 aliphatic rings. The van der Waals surface area contributed by atoms with Crippen molar-refractivity contribution in [2.24, 2.45) is 28.7 Å². The van der Waals surface area contributed by atoms with E-state index in [0.717, 1.165) is 57.2 Å². The molecule has 0 spiro atoms. The van der Waals surface area contributed by atoms with Gasteiger partial charge in [-0.05, 0) is 57.2 Å². The van der Waals surface area contributed by atoms with Crippen LogP contribution in [-0.2, 0) is 14.4 Å². The predicted octanol–water partition coefficient (Wildman–Crippen LogP) is -1.75. The largest absolute Gasteiger partial charge is 0.366 e. The maximum Gasteiger partial charge on any atom is 0.240 e. The Morgan fingerprint density at radius 2 is 0.917 bits per heavy atom. The zero-order valence-electron chi connectivity index (χ0n) is 14.2. The molecule has 0 fully saturated rings. The lowest BCUT2D eigenvalue weighted by molar-refractivity contribution is -0.114. The molecule has 0 bridgehead atoms. The van der Waals surface area contributed by atoms with Crippen LogP contribution >= 0.6 is 0 Å². The first-order valence-corrected chi connectivity index (χ1v) is 7.09. The highest BCUT2D eigenvalue weighted by atomic mass is 16.1. The second-order valence-corrected chi connectivity index (χ2v) is 3.85. The Labute approximate surface area is 144 Å². The molecular weight excluding hydrogens is 312 g/mol. The average Bonchev–Trinajstić information content (AvgIpc) is 2.56. The molecule has 11 N–H and O–H groups in total. The lowest BCUT2D eigenvalue weighted by Crippen LogP contribution is -2.21. The van der Waals surface area contributed by atoms with Gasteiger partial charge in [0.05, 0.1) is 0 Å². The third-order valence-corrected chi connectivity index (χ3v) is 1.72. The third-order valence-electron chi connectivity index (χ3n) is 1.72. The Kier molecular flexibility index (Phi) is 35.2. The molecule has 0 aromatic heterocycles. The van der Waals surface area contributed by atoms with Crippen molar-refractivity contribution in [1.29, 1.82) is 0 Å². The molecule has 9 nitrogen and oxygen atoms in total. The van der Waals surface area contributed by atoms with Crippen LogP contribution in [0.2, 0.25) is 0 Å². The molecule has 0 radical (unpaired) electrons. The summed E-state index contributed by atoms with van der Waals surface area (Å²) < 4.78 is 0. The smallest absolute Gasteiger partial charge is 0.240 e. The Morgan fingerprint density at radius 1 is 0.708 bits per heavy atom. The monoisotopic (exact) mass is 344 g/mol. The molecule has 0 aliphatic heterocycles. The number of nitrogens with two attached hydrogens (primary N) is 5. The number of rotatable bonds is 9. The van der Waals surface area contributed by atoms with Gasteiger partial charge >= 0.3 is 0 Å². The minimum Gasteiger partial charge on any atom is -0.366 e. The van der Waals surface area contributed by atoms with Crippen LogP contribution in [0.4, 0.5) is 0 Å². The van der Waals surface area contributed by atoms with Crippen molar-refractivity contribution in [2.45, 2.75) is 12.8 Å². The summed E-state index contributed by atoms with van der Waals surface area (Å²) in [6.45, 7) is 12.9. The van der Waals surface area contributed by atoms with Gasteiger partial charge in [-0.1, -0.05) is 19.7 Å². The van der Waals surface area contributed by atoms with Gasteiger partial charge in [0, 0.05) is 0 Å². The number of amides is 3. The van der Waals surface area contributed by atoms with E-state index in [1.807, 2.05) is 0 Å². The molecule has 0 saturated heterocycles. The van der Waals surface area contributed by atoms with Gasteiger partial charge < -0.3 is 34.0 Å². The van der Waals surface area contributed by atoms with Crippen LogP contribution in [0.3, 0.4) is 0 Å². The van der Waals surface area contributed by atoms with Crippen LogP contribution in [0.1, 0.15) is 12.8 Å². The quantitative estimate of drug-likeness (QED) is 0.212. The lowest BCUT2D eigenvalue weighted by Gasteiger charge is -2.00. The number of nitrogens with one attached hydrogen (secondary N) is 1. The Bertz CT molecular complexity index is 310. The van der Waals surface area contributed by atoms with E-state index < -0.39 is 17.7 Å². The van der Waals surface area contributed by atoms with Crippen LogP contribution in [0, 0.1) is 0 Å². The summed E-state index contributed by atoms with van der Waals surface area (Å²) in [4.78, 5) is 28.4. The number of primary amides is 3. The molecule has 0 saturated carbocycles. The first-order valence-electron chi connectivity index (χ1n) is 7.09. The Hall–Kier alpha value is -2.49. The Balaban J connectivity index is -0.000000116. The molecule has 3 amide bonds. The summed E-state index contributed by atoms with van der Waals surface area (Å²) in [5, 5.41) is 3.23. The predicted molar refractivity (Wildman–Crippen MR) is 98.4 cm³/mol. The highest BCUT2D eigenvalue weighted by Crippen LogP contribution is 1.72. The summed E-state index contributed by atoms with van der Waals surface area (Å²) in [6.07, 6.45) is 5.29. The molecule has 9 heteroatoms. The highest BCUT2D eigenvalue weighted by molar-refractivity contribution is 5.85. The molecule has 0 atom stereocenters. The van der Waals surface area contributed by atoms with Gasteiger partial charge in [0.1, 0.15) is 0 Å². The highest BCUT2D eigenvalue weighted by Gasteiger charge is 1.83. The van der Waals surface area contributed by atoms with Crippen LogP contribution < -0.4 is 34.0 Å². The molecule has 0 heterocycles.